The summed E-state index contributed by atoms with van der Waals surface area (Å²) in [5.74, 6) is 1.19. The highest BCUT2D eigenvalue weighted by molar-refractivity contribution is 5.78. The van der Waals surface area contributed by atoms with Crippen molar-refractivity contribution >= 4 is 5.91 Å². The highest BCUT2D eigenvalue weighted by atomic mass is 16.5. The van der Waals surface area contributed by atoms with Crippen LogP contribution in [0.3, 0.4) is 0 Å². The van der Waals surface area contributed by atoms with Gasteiger partial charge in [0.05, 0.1) is 6.54 Å². The fraction of sp³-hybridized carbons (Fsp3) is 0.435. The number of carbonyl (C=O) groups excluding carboxylic acids is 1. The normalized spacial score (nSPS) is 17.9. The third-order valence-corrected chi connectivity index (χ3v) is 5.73. The Morgan fingerprint density at radius 2 is 1.50 bits per heavy atom. The summed E-state index contributed by atoms with van der Waals surface area (Å²) in [7, 11) is 0. The van der Waals surface area contributed by atoms with Crippen molar-refractivity contribution in [1.82, 2.24) is 14.7 Å². The van der Waals surface area contributed by atoms with Gasteiger partial charge < -0.3 is 9.64 Å². The van der Waals surface area contributed by atoms with Crippen molar-refractivity contribution in [1.29, 1.82) is 0 Å². The molecule has 0 aliphatic carbocycles. The van der Waals surface area contributed by atoms with Crippen molar-refractivity contribution in [3.8, 4) is 5.75 Å². The second-order valence-corrected chi connectivity index (χ2v) is 7.61. The monoisotopic (exact) mass is 379 g/mol. The molecule has 4 rings (SSSR count). The molecule has 148 valence electrons. The van der Waals surface area contributed by atoms with E-state index in [0.29, 0.717) is 13.2 Å². The number of benzene rings is 2. The number of hydrogen-bond acceptors (Lipinski definition) is 4. The number of fused-ring (bicyclic) bond motifs is 1. The first-order chi connectivity index (χ1) is 13.8. The van der Waals surface area contributed by atoms with E-state index in [1.807, 2.05) is 35.2 Å². The van der Waals surface area contributed by atoms with E-state index in [1.165, 1.54) is 11.1 Å². The van der Waals surface area contributed by atoms with Crippen molar-refractivity contribution in [3.05, 3.63) is 65.7 Å². The first-order valence-corrected chi connectivity index (χ1v) is 10.2. The number of amides is 1. The average molecular weight is 380 g/mol. The van der Waals surface area contributed by atoms with E-state index in [-0.39, 0.29) is 5.91 Å². The van der Waals surface area contributed by atoms with Gasteiger partial charge in [0.25, 0.3) is 0 Å². The maximum atomic E-state index is 12.7. The van der Waals surface area contributed by atoms with Gasteiger partial charge in [0.15, 0.2) is 0 Å². The van der Waals surface area contributed by atoms with Gasteiger partial charge in [-0.05, 0) is 29.7 Å². The molecule has 0 aromatic heterocycles. The molecule has 0 N–H and O–H groups in total. The zero-order chi connectivity index (χ0) is 19.2. The lowest BCUT2D eigenvalue weighted by atomic mass is 10.00. The summed E-state index contributed by atoms with van der Waals surface area (Å²) in [6.07, 6.45) is 0.969. The number of carbonyl (C=O) groups is 1. The minimum absolute atomic E-state index is 0.260. The van der Waals surface area contributed by atoms with Crippen molar-refractivity contribution in [2.45, 2.75) is 13.0 Å². The zero-order valence-electron chi connectivity index (χ0n) is 16.4. The first-order valence-electron chi connectivity index (χ1n) is 10.2. The van der Waals surface area contributed by atoms with E-state index in [4.69, 9.17) is 4.74 Å². The summed E-state index contributed by atoms with van der Waals surface area (Å²) in [4.78, 5) is 19.5. The van der Waals surface area contributed by atoms with E-state index in [0.717, 1.165) is 58.0 Å². The molecule has 0 atom stereocenters. The minimum Gasteiger partial charge on any atom is -0.492 e. The molecule has 0 saturated carbocycles. The Labute approximate surface area is 167 Å². The molecule has 0 bridgehead atoms. The summed E-state index contributed by atoms with van der Waals surface area (Å²) >= 11 is 0. The predicted molar refractivity (Wildman–Crippen MR) is 110 cm³/mol. The van der Waals surface area contributed by atoms with Crippen LogP contribution < -0.4 is 4.74 Å². The number of para-hydroxylation sites is 1. The summed E-state index contributed by atoms with van der Waals surface area (Å²) in [5, 5.41) is 0. The van der Waals surface area contributed by atoms with Crippen LogP contribution in [-0.4, -0.2) is 73.0 Å². The van der Waals surface area contributed by atoms with Crippen LogP contribution in [0.5, 0.6) is 5.75 Å². The second kappa shape index (κ2) is 9.22. The van der Waals surface area contributed by atoms with Gasteiger partial charge in [-0.1, -0.05) is 42.5 Å². The maximum Gasteiger partial charge on any atom is 0.237 e. The maximum absolute atomic E-state index is 12.7. The van der Waals surface area contributed by atoms with E-state index < -0.39 is 0 Å². The quantitative estimate of drug-likeness (QED) is 0.772. The fourth-order valence-electron chi connectivity index (χ4n) is 3.98. The second-order valence-electron chi connectivity index (χ2n) is 7.61. The number of hydrogen-bond donors (Lipinski definition) is 0. The van der Waals surface area contributed by atoms with E-state index in [2.05, 4.69) is 34.1 Å². The van der Waals surface area contributed by atoms with Crippen LogP contribution in [0.15, 0.2) is 54.6 Å². The highest BCUT2D eigenvalue weighted by Crippen LogP contribution is 2.18. The predicted octanol–water partition coefficient (Wildman–Crippen LogP) is 2.27. The zero-order valence-corrected chi connectivity index (χ0v) is 16.4. The van der Waals surface area contributed by atoms with Gasteiger partial charge in [0.1, 0.15) is 12.4 Å². The van der Waals surface area contributed by atoms with Gasteiger partial charge in [-0.3, -0.25) is 14.6 Å². The molecule has 5 heteroatoms. The SMILES string of the molecule is O=C(CN1CCN(CCOc2ccccc2)CC1)N1CCc2ccccc2C1. The van der Waals surface area contributed by atoms with Crippen molar-refractivity contribution < 1.29 is 9.53 Å². The number of ether oxygens (including phenoxy) is 1. The molecule has 5 nitrogen and oxygen atoms in total. The Morgan fingerprint density at radius 1 is 0.821 bits per heavy atom. The Morgan fingerprint density at radius 3 is 2.29 bits per heavy atom. The highest BCUT2D eigenvalue weighted by Gasteiger charge is 2.24. The molecule has 2 heterocycles. The molecule has 2 aromatic carbocycles. The Kier molecular flexibility index (Phi) is 6.24. The van der Waals surface area contributed by atoms with Gasteiger partial charge in [0.2, 0.25) is 5.91 Å². The van der Waals surface area contributed by atoms with E-state index in [1.54, 1.807) is 0 Å². The van der Waals surface area contributed by atoms with Crippen LogP contribution in [-0.2, 0) is 17.8 Å². The van der Waals surface area contributed by atoms with Crippen LogP contribution in [0.1, 0.15) is 11.1 Å². The third kappa shape index (κ3) is 4.91. The summed E-state index contributed by atoms with van der Waals surface area (Å²) in [6, 6.07) is 18.4. The molecule has 2 aliphatic rings. The molecule has 28 heavy (non-hydrogen) atoms. The van der Waals surface area contributed by atoms with Gasteiger partial charge in [-0.25, -0.2) is 0 Å². The molecule has 2 aliphatic heterocycles. The van der Waals surface area contributed by atoms with Crippen LogP contribution >= 0.6 is 0 Å². The molecule has 1 fully saturated rings. The van der Waals surface area contributed by atoms with Crippen molar-refractivity contribution in [2.24, 2.45) is 0 Å². The van der Waals surface area contributed by atoms with Crippen molar-refractivity contribution in [2.75, 3.05) is 52.4 Å². The molecule has 1 saturated heterocycles. The summed E-state index contributed by atoms with van der Waals surface area (Å²) < 4.78 is 5.79. The van der Waals surface area contributed by atoms with Crippen LogP contribution in [0.25, 0.3) is 0 Å². The fourth-order valence-corrected chi connectivity index (χ4v) is 3.98. The summed E-state index contributed by atoms with van der Waals surface area (Å²) in [6.45, 7) is 7.65. The molecule has 1 amide bonds. The van der Waals surface area contributed by atoms with Gasteiger partial charge in [-0.2, -0.15) is 0 Å². The van der Waals surface area contributed by atoms with Gasteiger partial charge >= 0.3 is 0 Å². The van der Waals surface area contributed by atoms with Crippen LogP contribution in [0.4, 0.5) is 0 Å². The van der Waals surface area contributed by atoms with Gasteiger partial charge in [0, 0.05) is 45.8 Å². The van der Waals surface area contributed by atoms with Crippen LogP contribution in [0.2, 0.25) is 0 Å². The molecular formula is C23H29N3O2. The lowest BCUT2D eigenvalue weighted by Gasteiger charge is -2.36. The summed E-state index contributed by atoms with van der Waals surface area (Å²) in [5.41, 5.74) is 2.68. The van der Waals surface area contributed by atoms with E-state index in [9.17, 15) is 4.79 Å². The Bertz CT molecular complexity index is 772. The molecule has 0 spiro atoms. The first kappa shape index (κ1) is 19.0. The molecular weight excluding hydrogens is 350 g/mol. The third-order valence-electron chi connectivity index (χ3n) is 5.73. The topological polar surface area (TPSA) is 36.0 Å². The van der Waals surface area contributed by atoms with Gasteiger partial charge in [-0.15, -0.1) is 0 Å². The smallest absolute Gasteiger partial charge is 0.237 e. The number of piperazine rings is 1. The largest absolute Gasteiger partial charge is 0.492 e. The lowest BCUT2D eigenvalue weighted by Crippen LogP contribution is -2.51. The van der Waals surface area contributed by atoms with E-state index >= 15 is 0 Å². The van der Waals surface area contributed by atoms with Crippen molar-refractivity contribution in [3.63, 3.8) is 0 Å². The number of nitrogens with zero attached hydrogens (tertiary/aromatic N) is 3. The molecule has 0 unspecified atom stereocenters. The number of rotatable bonds is 6. The average Bonchev–Trinajstić information content (AvgIpc) is 2.75. The molecule has 0 radical (unpaired) electrons. The van der Waals surface area contributed by atoms with Crippen LogP contribution in [0, 0.1) is 0 Å². The standard InChI is InChI=1S/C23H29N3O2/c27-23(26-11-10-20-6-4-5-7-21(20)18-26)19-25-14-12-24(13-15-25)16-17-28-22-8-2-1-3-9-22/h1-9H,10-19H2. The Balaban J connectivity index is 1.17. The minimum atomic E-state index is 0.260. The Hall–Kier alpha value is -2.37. The lowest BCUT2D eigenvalue weighted by molar-refractivity contribution is -0.133. The molecule has 2 aromatic rings.